The van der Waals surface area contributed by atoms with Crippen LogP contribution >= 0.6 is 11.6 Å². The average molecular weight is 269 g/mol. The standard InChI is InChI=1S/C14H21ClN2O/c1-18-13-3-2-12(14(15)8-13)10-17-7-5-11-4-6-16-9-11/h2-3,8,11,16-17H,4-7,9-10H2,1H3. The molecule has 100 valence electrons. The number of hydrogen-bond acceptors (Lipinski definition) is 3. The maximum absolute atomic E-state index is 6.18. The fourth-order valence-corrected chi connectivity index (χ4v) is 2.53. The molecule has 3 nitrogen and oxygen atoms in total. The quantitative estimate of drug-likeness (QED) is 0.778. The van der Waals surface area contributed by atoms with Crippen molar-refractivity contribution in [1.82, 2.24) is 10.6 Å². The van der Waals surface area contributed by atoms with Gasteiger partial charge in [0, 0.05) is 11.6 Å². The lowest BCUT2D eigenvalue weighted by Crippen LogP contribution is -2.19. The lowest BCUT2D eigenvalue weighted by atomic mass is 10.1. The maximum Gasteiger partial charge on any atom is 0.120 e. The van der Waals surface area contributed by atoms with Gasteiger partial charge in [-0.25, -0.2) is 0 Å². The van der Waals surface area contributed by atoms with Gasteiger partial charge in [0.15, 0.2) is 0 Å². The summed E-state index contributed by atoms with van der Waals surface area (Å²) in [6, 6.07) is 5.83. The minimum absolute atomic E-state index is 0.768. The van der Waals surface area contributed by atoms with E-state index < -0.39 is 0 Å². The Morgan fingerprint density at radius 2 is 2.39 bits per heavy atom. The van der Waals surface area contributed by atoms with Crippen molar-refractivity contribution in [3.63, 3.8) is 0 Å². The average Bonchev–Trinajstić information content (AvgIpc) is 2.89. The molecule has 0 spiro atoms. The zero-order chi connectivity index (χ0) is 12.8. The van der Waals surface area contributed by atoms with E-state index in [0.717, 1.165) is 35.3 Å². The van der Waals surface area contributed by atoms with Crippen molar-refractivity contribution in [2.24, 2.45) is 5.92 Å². The van der Waals surface area contributed by atoms with Gasteiger partial charge in [-0.2, -0.15) is 0 Å². The number of nitrogens with one attached hydrogen (secondary N) is 2. The number of halogens is 1. The molecule has 1 heterocycles. The predicted octanol–water partition coefficient (Wildman–Crippen LogP) is 2.44. The first-order chi connectivity index (χ1) is 8.79. The summed E-state index contributed by atoms with van der Waals surface area (Å²) in [5.41, 5.74) is 1.13. The van der Waals surface area contributed by atoms with Gasteiger partial charge in [0.2, 0.25) is 0 Å². The predicted molar refractivity (Wildman–Crippen MR) is 75.3 cm³/mol. The van der Waals surface area contributed by atoms with Crippen LogP contribution in [0.5, 0.6) is 5.75 Å². The summed E-state index contributed by atoms with van der Waals surface area (Å²) in [6.45, 7) is 4.22. The minimum Gasteiger partial charge on any atom is -0.497 e. The largest absolute Gasteiger partial charge is 0.497 e. The summed E-state index contributed by atoms with van der Waals surface area (Å²) in [6.07, 6.45) is 2.55. The number of methoxy groups -OCH3 is 1. The monoisotopic (exact) mass is 268 g/mol. The third-order valence-electron chi connectivity index (χ3n) is 3.47. The molecule has 1 saturated heterocycles. The molecule has 1 atom stereocenters. The van der Waals surface area contributed by atoms with Gasteiger partial charge in [0.25, 0.3) is 0 Å². The molecule has 1 aliphatic rings. The summed E-state index contributed by atoms with van der Waals surface area (Å²) >= 11 is 6.18. The Kier molecular flexibility index (Phi) is 5.29. The third kappa shape index (κ3) is 3.87. The molecule has 1 unspecified atom stereocenters. The molecule has 0 amide bonds. The first-order valence-corrected chi connectivity index (χ1v) is 6.91. The van der Waals surface area contributed by atoms with E-state index >= 15 is 0 Å². The van der Waals surface area contributed by atoms with E-state index in [1.54, 1.807) is 7.11 Å². The lowest BCUT2D eigenvalue weighted by Gasteiger charge is -2.10. The lowest BCUT2D eigenvalue weighted by molar-refractivity contribution is 0.414. The summed E-state index contributed by atoms with van der Waals surface area (Å²) in [7, 11) is 1.65. The SMILES string of the molecule is COc1ccc(CNCCC2CCNC2)c(Cl)c1. The molecule has 1 aromatic carbocycles. The molecule has 1 fully saturated rings. The summed E-state index contributed by atoms with van der Waals surface area (Å²) in [4.78, 5) is 0. The van der Waals surface area contributed by atoms with Crippen LogP contribution in [0.4, 0.5) is 0 Å². The second-order valence-electron chi connectivity index (χ2n) is 4.78. The first-order valence-electron chi connectivity index (χ1n) is 6.53. The molecule has 0 aliphatic carbocycles. The molecule has 1 aliphatic heterocycles. The van der Waals surface area contributed by atoms with Gasteiger partial charge >= 0.3 is 0 Å². The zero-order valence-corrected chi connectivity index (χ0v) is 11.6. The molecular weight excluding hydrogens is 248 g/mol. The zero-order valence-electron chi connectivity index (χ0n) is 10.8. The Morgan fingerprint density at radius 3 is 3.06 bits per heavy atom. The Labute approximate surface area is 114 Å². The van der Waals surface area contributed by atoms with Crippen molar-refractivity contribution < 1.29 is 4.74 Å². The number of benzene rings is 1. The van der Waals surface area contributed by atoms with Gasteiger partial charge < -0.3 is 15.4 Å². The highest BCUT2D eigenvalue weighted by Crippen LogP contribution is 2.22. The molecule has 2 N–H and O–H groups in total. The summed E-state index contributed by atoms with van der Waals surface area (Å²) in [5.74, 6) is 1.64. The van der Waals surface area contributed by atoms with Crippen LogP contribution < -0.4 is 15.4 Å². The van der Waals surface area contributed by atoms with Gasteiger partial charge in [0.1, 0.15) is 5.75 Å². The number of hydrogen-bond donors (Lipinski definition) is 2. The topological polar surface area (TPSA) is 33.3 Å². The Bertz CT molecular complexity index is 378. The van der Waals surface area contributed by atoms with Gasteiger partial charge in [-0.1, -0.05) is 17.7 Å². The highest BCUT2D eigenvalue weighted by Gasteiger charge is 2.13. The van der Waals surface area contributed by atoms with Crippen molar-refractivity contribution in [2.75, 3.05) is 26.7 Å². The van der Waals surface area contributed by atoms with E-state index in [4.69, 9.17) is 16.3 Å². The second kappa shape index (κ2) is 6.98. The fourth-order valence-electron chi connectivity index (χ4n) is 2.29. The van der Waals surface area contributed by atoms with Gasteiger partial charge in [-0.15, -0.1) is 0 Å². The molecule has 2 rings (SSSR count). The van der Waals surface area contributed by atoms with Crippen LogP contribution in [0.3, 0.4) is 0 Å². The number of rotatable bonds is 6. The van der Waals surface area contributed by atoms with Crippen LogP contribution in [0.15, 0.2) is 18.2 Å². The van der Waals surface area contributed by atoms with Crippen molar-refractivity contribution in [3.8, 4) is 5.75 Å². The van der Waals surface area contributed by atoms with E-state index in [1.807, 2.05) is 18.2 Å². The van der Waals surface area contributed by atoms with Crippen LogP contribution in [0.2, 0.25) is 5.02 Å². The highest BCUT2D eigenvalue weighted by molar-refractivity contribution is 6.31. The molecular formula is C14H21ClN2O. The molecule has 0 bridgehead atoms. The van der Waals surface area contributed by atoms with E-state index in [0.29, 0.717) is 0 Å². The normalized spacial score (nSPS) is 19.1. The molecule has 18 heavy (non-hydrogen) atoms. The minimum atomic E-state index is 0.768. The van der Waals surface area contributed by atoms with E-state index in [9.17, 15) is 0 Å². The maximum atomic E-state index is 6.18. The van der Waals surface area contributed by atoms with Gasteiger partial charge in [-0.3, -0.25) is 0 Å². The van der Waals surface area contributed by atoms with Crippen molar-refractivity contribution >= 4 is 11.6 Å². The second-order valence-corrected chi connectivity index (χ2v) is 5.19. The van der Waals surface area contributed by atoms with Crippen LogP contribution in [-0.2, 0) is 6.54 Å². The van der Waals surface area contributed by atoms with E-state index in [2.05, 4.69) is 10.6 Å². The highest BCUT2D eigenvalue weighted by atomic mass is 35.5. The number of ether oxygens (including phenoxy) is 1. The summed E-state index contributed by atoms with van der Waals surface area (Å²) < 4.78 is 5.13. The van der Waals surface area contributed by atoms with Crippen molar-refractivity contribution in [1.29, 1.82) is 0 Å². The fraction of sp³-hybridized carbons (Fsp3) is 0.571. The van der Waals surface area contributed by atoms with E-state index in [-0.39, 0.29) is 0 Å². The van der Waals surface area contributed by atoms with E-state index in [1.165, 1.54) is 25.9 Å². The van der Waals surface area contributed by atoms with Crippen LogP contribution in [-0.4, -0.2) is 26.7 Å². The Morgan fingerprint density at radius 1 is 1.50 bits per heavy atom. The smallest absolute Gasteiger partial charge is 0.120 e. The Balaban J connectivity index is 1.72. The van der Waals surface area contributed by atoms with Crippen LogP contribution in [0.1, 0.15) is 18.4 Å². The molecule has 0 radical (unpaired) electrons. The molecule has 0 saturated carbocycles. The molecule has 1 aromatic rings. The van der Waals surface area contributed by atoms with Crippen molar-refractivity contribution in [2.45, 2.75) is 19.4 Å². The van der Waals surface area contributed by atoms with Crippen LogP contribution in [0, 0.1) is 5.92 Å². The van der Waals surface area contributed by atoms with Gasteiger partial charge in [-0.05, 0) is 56.1 Å². The third-order valence-corrected chi connectivity index (χ3v) is 3.82. The van der Waals surface area contributed by atoms with Gasteiger partial charge in [0.05, 0.1) is 7.11 Å². The first kappa shape index (κ1) is 13.7. The van der Waals surface area contributed by atoms with Crippen molar-refractivity contribution in [3.05, 3.63) is 28.8 Å². The summed E-state index contributed by atoms with van der Waals surface area (Å²) in [5, 5.41) is 7.61. The Hall–Kier alpha value is -0.770. The molecule has 4 heteroatoms. The van der Waals surface area contributed by atoms with Crippen LogP contribution in [0.25, 0.3) is 0 Å². The molecule has 0 aromatic heterocycles.